The third kappa shape index (κ3) is 3.26. The maximum absolute atomic E-state index is 12.8. The third-order valence-electron chi connectivity index (χ3n) is 4.12. The van der Waals surface area contributed by atoms with Gasteiger partial charge in [0.15, 0.2) is 6.10 Å². The summed E-state index contributed by atoms with van der Waals surface area (Å²) in [6.45, 7) is 3.43. The molecule has 0 aliphatic rings. The zero-order chi connectivity index (χ0) is 18.0. The topological polar surface area (TPSA) is 68.4 Å². The van der Waals surface area contributed by atoms with Crippen molar-refractivity contribution in [2.24, 2.45) is 0 Å². The van der Waals surface area contributed by atoms with E-state index in [2.05, 4.69) is 4.98 Å². The molecule has 25 heavy (non-hydrogen) atoms. The van der Waals surface area contributed by atoms with E-state index in [4.69, 9.17) is 9.47 Å². The number of ether oxygens (including phenoxy) is 2. The van der Waals surface area contributed by atoms with Crippen LogP contribution in [-0.4, -0.2) is 30.0 Å². The standard InChI is InChI=1S/C20H19NO4/c1-12-18(16-6-4-5-7-17(16)21-12)19(22)13(2)25-20(23)14-8-10-15(24-3)11-9-14/h4-11,13,21H,1-3H3/t13-/m1/s1. The lowest BCUT2D eigenvalue weighted by Gasteiger charge is -2.13. The molecule has 5 heteroatoms. The Morgan fingerprint density at radius 1 is 1.04 bits per heavy atom. The molecule has 3 aromatic rings. The lowest BCUT2D eigenvalue weighted by Crippen LogP contribution is -2.24. The van der Waals surface area contributed by atoms with E-state index in [1.165, 1.54) is 0 Å². The van der Waals surface area contributed by atoms with Crippen LogP contribution >= 0.6 is 0 Å². The summed E-state index contributed by atoms with van der Waals surface area (Å²) in [5.41, 5.74) is 2.58. The van der Waals surface area contributed by atoms with Gasteiger partial charge >= 0.3 is 5.97 Å². The molecule has 0 aliphatic heterocycles. The van der Waals surface area contributed by atoms with Crippen molar-refractivity contribution in [3.63, 3.8) is 0 Å². The predicted octanol–water partition coefficient (Wildman–Crippen LogP) is 3.91. The van der Waals surface area contributed by atoms with Crippen molar-refractivity contribution in [2.75, 3.05) is 7.11 Å². The first-order valence-corrected chi connectivity index (χ1v) is 7.98. The molecule has 1 atom stereocenters. The first kappa shape index (κ1) is 16.8. The number of hydrogen-bond donors (Lipinski definition) is 1. The summed E-state index contributed by atoms with van der Waals surface area (Å²) in [6, 6.07) is 14.1. The van der Waals surface area contributed by atoms with Crippen molar-refractivity contribution in [2.45, 2.75) is 20.0 Å². The van der Waals surface area contributed by atoms with Crippen molar-refractivity contribution in [3.05, 3.63) is 65.4 Å². The number of nitrogens with one attached hydrogen (secondary N) is 1. The molecule has 0 saturated heterocycles. The summed E-state index contributed by atoms with van der Waals surface area (Å²) in [7, 11) is 1.55. The summed E-state index contributed by atoms with van der Waals surface area (Å²) in [6.07, 6.45) is -0.882. The SMILES string of the molecule is COc1ccc(C(=O)O[C@H](C)C(=O)c2c(C)[nH]c3ccccc23)cc1. The van der Waals surface area contributed by atoms with Gasteiger partial charge in [-0.25, -0.2) is 4.79 Å². The van der Waals surface area contributed by atoms with Crippen LogP contribution in [0.1, 0.15) is 33.3 Å². The third-order valence-corrected chi connectivity index (χ3v) is 4.12. The number of hydrogen-bond acceptors (Lipinski definition) is 4. The molecule has 2 aromatic carbocycles. The van der Waals surface area contributed by atoms with E-state index in [-0.39, 0.29) is 5.78 Å². The summed E-state index contributed by atoms with van der Waals surface area (Å²) in [5, 5.41) is 0.831. The van der Waals surface area contributed by atoms with Crippen molar-refractivity contribution < 1.29 is 19.1 Å². The van der Waals surface area contributed by atoms with Crippen molar-refractivity contribution in [3.8, 4) is 5.75 Å². The Hall–Kier alpha value is -3.08. The molecular weight excluding hydrogens is 318 g/mol. The molecule has 1 heterocycles. The van der Waals surface area contributed by atoms with Crippen molar-refractivity contribution in [1.82, 2.24) is 4.98 Å². The van der Waals surface area contributed by atoms with E-state index in [9.17, 15) is 9.59 Å². The van der Waals surface area contributed by atoms with Crippen molar-refractivity contribution >= 4 is 22.7 Å². The average molecular weight is 337 g/mol. The van der Waals surface area contributed by atoms with E-state index in [1.807, 2.05) is 31.2 Å². The minimum absolute atomic E-state index is 0.225. The molecule has 5 nitrogen and oxygen atoms in total. The van der Waals surface area contributed by atoms with Gasteiger partial charge in [-0.05, 0) is 44.2 Å². The largest absolute Gasteiger partial charge is 0.497 e. The first-order valence-electron chi connectivity index (χ1n) is 7.98. The molecular formula is C20H19NO4. The summed E-state index contributed by atoms with van der Waals surface area (Å²) >= 11 is 0. The van der Waals surface area contributed by atoms with Crippen LogP contribution in [0, 0.1) is 6.92 Å². The molecule has 0 aliphatic carbocycles. The molecule has 0 fully saturated rings. The molecule has 0 bridgehead atoms. The minimum Gasteiger partial charge on any atom is -0.497 e. The molecule has 0 amide bonds. The number of carbonyl (C=O) groups is 2. The second-order valence-electron chi connectivity index (χ2n) is 5.81. The molecule has 3 rings (SSSR count). The van der Waals surface area contributed by atoms with Gasteiger partial charge in [0.05, 0.1) is 12.7 Å². The molecule has 0 spiro atoms. The highest BCUT2D eigenvalue weighted by Gasteiger charge is 2.24. The summed E-state index contributed by atoms with van der Waals surface area (Å²) < 4.78 is 10.4. The number of para-hydroxylation sites is 1. The molecule has 128 valence electrons. The molecule has 0 radical (unpaired) electrons. The molecule has 0 unspecified atom stereocenters. The van der Waals surface area contributed by atoms with E-state index in [1.54, 1.807) is 38.3 Å². The fraction of sp³-hybridized carbons (Fsp3) is 0.200. The van der Waals surface area contributed by atoms with Crippen LogP contribution < -0.4 is 4.74 Å². The highest BCUT2D eigenvalue weighted by atomic mass is 16.5. The highest BCUT2D eigenvalue weighted by Crippen LogP contribution is 2.24. The van der Waals surface area contributed by atoms with Crippen LogP contribution in [0.3, 0.4) is 0 Å². The number of aryl methyl sites for hydroxylation is 1. The number of H-pyrrole nitrogens is 1. The van der Waals surface area contributed by atoms with Gasteiger partial charge in [-0.15, -0.1) is 0 Å². The number of ketones is 1. The van der Waals surface area contributed by atoms with E-state index in [0.29, 0.717) is 16.9 Å². The second-order valence-corrected chi connectivity index (χ2v) is 5.81. The number of benzene rings is 2. The maximum atomic E-state index is 12.8. The van der Waals surface area contributed by atoms with Gasteiger partial charge in [-0.3, -0.25) is 4.79 Å². The van der Waals surface area contributed by atoms with Crippen LogP contribution in [0.4, 0.5) is 0 Å². The van der Waals surface area contributed by atoms with Gasteiger partial charge in [0, 0.05) is 22.2 Å². The van der Waals surface area contributed by atoms with Crippen LogP contribution in [0.15, 0.2) is 48.5 Å². The number of aromatic nitrogens is 1. The van der Waals surface area contributed by atoms with Crippen molar-refractivity contribution in [1.29, 1.82) is 0 Å². The predicted molar refractivity (Wildman–Crippen MR) is 95.2 cm³/mol. The summed E-state index contributed by atoms with van der Waals surface area (Å²) in [4.78, 5) is 28.2. The van der Waals surface area contributed by atoms with Gasteiger partial charge < -0.3 is 14.5 Å². The Morgan fingerprint density at radius 3 is 2.40 bits per heavy atom. The van der Waals surface area contributed by atoms with E-state index < -0.39 is 12.1 Å². The first-order chi connectivity index (χ1) is 12.0. The lowest BCUT2D eigenvalue weighted by atomic mass is 10.0. The fourth-order valence-electron chi connectivity index (χ4n) is 2.81. The Balaban J connectivity index is 1.79. The Labute approximate surface area is 145 Å². The van der Waals surface area contributed by atoms with E-state index in [0.717, 1.165) is 16.6 Å². The number of fused-ring (bicyclic) bond motifs is 1. The smallest absolute Gasteiger partial charge is 0.338 e. The highest BCUT2D eigenvalue weighted by molar-refractivity contribution is 6.11. The van der Waals surface area contributed by atoms with Gasteiger partial charge in [-0.1, -0.05) is 18.2 Å². The zero-order valence-corrected chi connectivity index (χ0v) is 14.3. The Kier molecular flexibility index (Phi) is 4.57. The van der Waals surface area contributed by atoms with Gasteiger partial charge in [0.25, 0.3) is 0 Å². The average Bonchev–Trinajstić information content (AvgIpc) is 2.96. The van der Waals surface area contributed by atoms with Crippen LogP contribution in [0.25, 0.3) is 10.9 Å². The number of aromatic amines is 1. The van der Waals surface area contributed by atoms with Crippen LogP contribution in [0.5, 0.6) is 5.75 Å². The molecule has 1 N–H and O–H groups in total. The zero-order valence-electron chi connectivity index (χ0n) is 14.3. The number of Topliss-reactive ketones (excluding diaryl/α,β-unsaturated/α-hetero) is 1. The van der Waals surface area contributed by atoms with Crippen LogP contribution in [-0.2, 0) is 4.74 Å². The lowest BCUT2D eigenvalue weighted by molar-refractivity contribution is 0.0319. The monoisotopic (exact) mass is 337 g/mol. The Morgan fingerprint density at radius 2 is 1.72 bits per heavy atom. The minimum atomic E-state index is -0.882. The maximum Gasteiger partial charge on any atom is 0.338 e. The Bertz CT molecular complexity index is 925. The number of esters is 1. The van der Waals surface area contributed by atoms with Crippen LogP contribution in [0.2, 0.25) is 0 Å². The van der Waals surface area contributed by atoms with E-state index >= 15 is 0 Å². The molecule has 0 saturated carbocycles. The number of methoxy groups -OCH3 is 1. The van der Waals surface area contributed by atoms with Gasteiger partial charge in [0.1, 0.15) is 5.75 Å². The van der Waals surface area contributed by atoms with Gasteiger partial charge in [-0.2, -0.15) is 0 Å². The molecule has 1 aromatic heterocycles. The number of carbonyl (C=O) groups excluding carboxylic acids is 2. The normalized spacial score (nSPS) is 12.0. The fourth-order valence-corrected chi connectivity index (χ4v) is 2.81. The number of rotatable bonds is 5. The van der Waals surface area contributed by atoms with Gasteiger partial charge in [0.2, 0.25) is 5.78 Å². The second kappa shape index (κ2) is 6.81. The quantitative estimate of drug-likeness (QED) is 0.566. The summed E-state index contributed by atoms with van der Waals surface area (Å²) in [5.74, 6) is -0.118.